The quantitative estimate of drug-likeness (QED) is 0.155. The van der Waals surface area contributed by atoms with Crippen LogP contribution in [0.5, 0.6) is 0 Å². The summed E-state index contributed by atoms with van der Waals surface area (Å²) >= 11 is 0. The number of rotatable bonds is 4. The molecule has 0 radical (unpaired) electrons. The fourth-order valence-corrected chi connectivity index (χ4v) is 0.705. The highest BCUT2D eigenvalue weighted by Gasteiger charge is 2.21. The molecule has 0 spiro atoms. The Hall–Kier alpha value is -1.53. The molecule has 7 nitrogen and oxygen atoms in total. The molecule has 0 N–H and O–H groups in total. The van der Waals surface area contributed by atoms with E-state index in [9.17, 15) is 10.0 Å². The number of carbonyl (C=O) groups excluding carboxylic acids is 1. The Labute approximate surface area is 75.0 Å². The molecular weight excluding hydrogens is 178 g/mol. The SMILES string of the molecule is CC(=O)OCO/N=[N+](\[O-])N1CCC1. The van der Waals surface area contributed by atoms with Gasteiger partial charge in [0.15, 0.2) is 0 Å². The Bertz CT molecular complexity index is 214. The normalized spacial score (nSPS) is 16.4. The lowest BCUT2D eigenvalue weighted by molar-refractivity contribution is -0.723. The molecule has 1 aliphatic rings. The Balaban J connectivity index is 2.11. The molecule has 74 valence electrons. The summed E-state index contributed by atoms with van der Waals surface area (Å²) in [4.78, 5) is 15.0. The van der Waals surface area contributed by atoms with Crippen LogP contribution >= 0.6 is 0 Å². The number of hydrazine groups is 1. The van der Waals surface area contributed by atoms with Crippen LogP contribution in [0.25, 0.3) is 0 Å². The molecule has 0 aromatic rings. The van der Waals surface area contributed by atoms with E-state index < -0.39 is 5.97 Å². The number of hydrogen-bond acceptors (Lipinski definition) is 5. The van der Waals surface area contributed by atoms with Crippen molar-refractivity contribution in [2.24, 2.45) is 5.28 Å². The molecule has 13 heavy (non-hydrogen) atoms. The highest BCUT2D eigenvalue weighted by molar-refractivity contribution is 5.65. The second-order valence-electron chi connectivity index (χ2n) is 2.52. The smallest absolute Gasteiger partial charge is 0.305 e. The van der Waals surface area contributed by atoms with Crippen molar-refractivity contribution in [1.29, 1.82) is 0 Å². The lowest BCUT2D eigenvalue weighted by Gasteiger charge is -2.24. The summed E-state index contributed by atoms with van der Waals surface area (Å²) < 4.78 is 4.38. The average Bonchev–Trinajstić information content (AvgIpc) is 1.94. The van der Waals surface area contributed by atoms with Gasteiger partial charge < -0.3 is 14.8 Å². The first kappa shape index (κ1) is 9.56. The zero-order valence-corrected chi connectivity index (χ0v) is 7.30. The molecule has 1 fully saturated rings. The van der Waals surface area contributed by atoms with Crippen molar-refractivity contribution in [3.8, 4) is 0 Å². The maximum absolute atomic E-state index is 10.9. The summed E-state index contributed by atoms with van der Waals surface area (Å²) in [5.41, 5.74) is 0. The lowest BCUT2D eigenvalue weighted by Crippen LogP contribution is -2.42. The largest absolute Gasteiger partial charge is 0.569 e. The Morgan fingerprint density at radius 1 is 1.69 bits per heavy atom. The van der Waals surface area contributed by atoms with Gasteiger partial charge in [0.05, 0.1) is 18.1 Å². The molecule has 0 saturated carbocycles. The molecule has 1 saturated heterocycles. The van der Waals surface area contributed by atoms with Gasteiger partial charge in [-0.1, -0.05) is 0 Å². The van der Waals surface area contributed by atoms with E-state index in [0.717, 1.165) is 6.42 Å². The third-order valence-corrected chi connectivity index (χ3v) is 1.52. The van der Waals surface area contributed by atoms with Gasteiger partial charge in [-0.2, -0.15) is 0 Å². The van der Waals surface area contributed by atoms with Crippen LogP contribution in [0, 0.1) is 5.21 Å². The summed E-state index contributed by atoms with van der Waals surface area (Å²) in [7, 11) is 0. The minimum atomic E-state index is -0.475. The second kappa shape index (κ2) is 4.48. The molecule has 1 heterocycles. The predicted octanol–water partition coefficient (Wildman–Crippen LogP) is 0.0218. The van der Waals surface area contributed by atoms with Crippen molar-refractivity contribution in [2.75, 3.05) is 19.9 Å². The van der Waals surface area contributed by atoms with Crippen molar-refractivity contribution in [2.45, 2.75) is 13.3 Å². The molecule has 0 aromatic carbocycles. The summed E-state index contributed by atoms with van der Waals surface area (Å²) in [5.74, 6) is -0.475. The van der Waals surface area contributed by atoms with E-state index in [1.54, 1.807) is 0 Å². The molecule has 0 aliphatic carbocycles. The zero-order valence-electron chi connectivity index (χ0n) is 7.30. The minimum Gasteiger partial charge on any atom is -0.569 e. The average molecular weight is 189 g/mol. The molecule has 0 amide bonds. The summed E-state index contributed by atoms with van der Waals surface area (Å²) in [6, 6.07) is 0. The maximum Gasteiger partial charge on any atom is 0.305 e. The van der Waals surface area contributed by atoms with E-state index >= 15 is 0 Å². The maximum atomic E-state index is 10.9. The minimum absolute atomic E-state index is 0.331. The molecule has 7 heteroatoms. The molecule has 0 unspecified atom stereocenters. The number of ether oxygens (including phenoxy) is 1. The molecule has 0 atom stereocenters. The van der Waals surface area contributed by atoms with E-state index in [4.69, 9.17) is 0 Å². The van der Waals surface area contributed by atoms with Crippen LogP contribution < -0.4 is 0 Å². The lowest BCUT2D eigenvalue weighted by atomic mass is 10.3. The van der Waals surface area contributed by atoms with Gasteiger partial charge in [0, 0.05) is 6.92 Å². The van der Waals surface area contributed by atoms with E-state index in [1.165, 1.54) is 11.9 Å². The van der Waals surface area contributed by atoms with Crippen molar-refractivity contribution in [3.63, 3.8) is 0 Å². The van der Waals surface area contributed by atoms with Crippen LogP contribution in [-0.4, -0.2) is 35.8 Å². The van der Waals surface area contributed by atoms with E-state index in [0.29, 0.717) is 18.1 Å². The van der Waals surface area contributed by atoms with Gasteiger partial charge in [0.25, 0.3) is 6.79 Å². The van der Waals surface area contributed by atoms with Gasteiger partial charge in [-0.05, 0) is 6.42 Å². The highest BCUT2D eigenvalue weighted by Crippen LogP contribution is 2.05. The van der Waals surface area contributed by atoms with Crippen LogP contribution in [0.2, 0.25) is 0 Å². The first-order valence-electron chi connectivity index (χ1n) is 3.88. The number of nitrogens with zero attached hydrogens (tertiary/aromatic N) is 3. The third-order valence-electron chi connectivity index (χ3n) is 1.52. The Kier molecular flexibility index (Phi) is 3.30. The molecule has 0 bridgehead atoms. The van der Waals surface area contributed by atoms with E-state index in [2.05, 4.69) is 14.9 Å². The van der Waals surface area contributed by atoms with Crippen LogP contribution in [0.3, 0.4) is 0 Å². The fraction of sp³-hybridized carbons (Fsp3) is 0.833. The van der Waals surface area contributed by atoms with Gasteiger partial charge in [-0.3, -0.25) is 4.79 Å². The van der Waals surface area contributed by atoms with Gasteiger partial charge in [0.2, 0.25) is 5.28 Å². The zero-order chi connectivity index (χ0) is 9.68. The Morgan fingerprint density at radius 2 is 2.38 bits per heavy atom. The van der Waals surface area contributed by atoms with Crippen molar-refractivity contribution >= 4 is 5.97 Å². The predicted molar refractivity (Wildman–Crippen MR) is 40.0 cm³/mol. The van der Waals surface area contributed by atoms with Crippen LogP contribution in [0.15, 0.2) is 5.28 Å². The number of carbonyl (C=O) groups is 1. The third kappa shape index (κ3) is 3.14. The number of esters is 1. The Morgan fingerprint density at radius 3 is 2.85 bits per heavy atom. The molecule has 1 aliphatic heterocycles. The van der Waals surface area contributed by atoms with Crippen molar-refractivity contribution in [1.82, 2.24) is 5.01 Å². The fourth-order valence-electron chi connectivity index (χ4n) is 0.705. The molecule has 1 rings (SSSR count). The molecule has 0 aromatic heterocycles. The highest BCUT2D eigenvalue weighted by atomic mass is 16.8. The summed E-state index contributed by atoms with van der Waals surface area (Å²) in [6.07, 6.45) is 0.984. The van der Waals surface area contributed by atoms with Crippen LogP contribution in [-0.2, 0) is 14.4 Å². The van der Waals surface area contributed by atoms with Crippen LogP contribution in [0.1, 0.15) is 13.3 Å². The van der Waals surface area contributed by atoms with Crippen molar-refractivity contribution in [3.05, 3.63) is 5.21 Å². The van der Waals surface area contributed by atoms with Gasteiger partial charge >= 0.3 is 5.97 Å². The molecular formula is C6H11N3O4. The number of hydrogen-bond donors (Lipinski definition) is 0. The second-order valence-corrected chi connectivity index (χ2v) is 2.52. The first-order valence-corrected chi connectivity index (χ1v) is 3.88. The standard InChI is InChI=1S/C6H11N3O4/c1-6(10)12-5-13-7-9(11)8-3-2-4-8/h2-5H2,1H3/b9-7-. The van der Waals surface area contributed by atoms with Gasteiger partial charge in [-0.15, -0.1) is 5.01 Å². The van der Waals surface area contributed by atoms with Gasteiger partial charge in [0.1, 0.15) is 0 Å². The van der Waals surface area contributed by atoms with Gasteiger partial charge in [-0.25, -0.2) is 0 Å². The summed E-state index contributed by atoms with van der Waals surface area (Å²) in [6.45, 7) is 2.28. The topological polar surface area (TPSA) is 77.2 Å². The monoisotopic (exact) mass is 189 g/mol. The summed E-state index contributed by atoms with van der Waals surface area (Å²) in [5, 5.41) is 15.5. The van der Waals surface area contributed by atoms with E-state index in [1.807, 2.05) is 0 Å². The van der Waals surface area contributed by atoms with Crippen molar-refractivity contribution < 1.29 is 19.3 Å². The van der Waals surface area contributed by atoms with Crippen LogP contribution in [0.4, 0.5) is 0 Å². The van der Waals surface area contributed by atoms with E-state index in [-0.39, 0.29) is 6.79 Å². The first-order chi connectivity index (χ1) is 6.20.